The third-order valence-electron chi connectivity index (χ3n) is 2.96. The van der Waals surface area contributed by atoms with Gasteiger partial charge in [-0.2, -0.15) is 0 Å². The third kappa shape index (κ3) is 3.79. The quantitative estimate of drug-likeness (QED) is 0.805. The maximum absolute atomic E-state index is 11.9. The van der Waals surface area contributed by atoms with E-state index < -0.39 is 12.0 Å². The van der Waals surface area contributed by atoms with Crippen LogP contribution < -0.4 is 10.6 Å². The normalized spacial score (nSPS) is 11.5. The summed E-state index contributed by atoms with van der Waals surface area (Å²) >= 11 is 0. The number of aromatic nitrogens is 1. The van der Waals surface area contributed by atoms with Gasteiger partial charge in [-0.15, -0.1) is 0 Å². The minimum atomic E-state index is -1.09. The van der Waals surface area contributed by atoms with Crippen LogP contribution in [0.2, 0.25) is 0 Å². The second kappa shape index (κ2) is 6.51. The van der Waals surface area contributed by atoms with Crippen LogP contribution in [0.3, 0.4) is 0 Å². The number of aromatic carboxylic acids is 1. The van der Waals surface area contributed by atoms with Crippen molar-refractivity contribution in [3.8, 4) is 0 Å². The van der Waals surface area contributed by atoms with E-state index in [1.54, 1.807) is 42.7 Å². The van der Waals surface area contributed by atoms with Gasteiger partial charge in [0.1, 0.15) is 0 Å². The molecule has 0 aliphatic carbocycles. The molecule has 0 fully saturated rings. The SMILES string of the molecule is CC(NC(=O)Nc1ccccc1C(=O)O)c1ccncc1. The molecule has 2 aromatic rings. The number of carbonyl (C=O) groups excluding carboxylic acids is 1. The zero-order valence-electron chi connectivity index (χ0n) is 11.4. The van der Waals surface area contributed by atoms with E-state index in [1.807, 2.05) is 6.92 Å². The van der Waals surface area contributed by atoms with Crippen molar-refractivity contribution < 1.29 is 14.7 Å². The number of pyridine rings is 1. The van der Waals surface area contributed by atoms with Crippen molar-refractivity contribution in [2.24, 2.45) is 0 Å². The molecular weight excluding hydrogens is 270 g/mol. The second-order valence-electron chi connectivity index (χ2n) is 4.45. The van der Waals surface area contributed by atoms with Crippen molar-refractivity contribution in [2.45, 2.75) is 13.0 Å². The predicted molar refractivity (Wildman–Crippen MR) is 78.2 cm³/mol. The number of hydrogen-bond acceptors (Lipinski definition) is 3. The summed E-state index contributed by atoms with van der Waals surface area (Å²) < 4.78 is 0. The zero-order chi connectivity index (χ0) is 15.2. The van der Waals surface area contributed by atoms with Gasteiger partial charge in [-0.1, -0.05) is 12.1 Å². The maximum atomic E-state index is 11.9. The van der Waals surface area contributed by atoms with Gasteiger partial charge in [0.25, 0.3) is 0 Å². The summed E-state index contributed by atoms with van der Waals surface area (Å²) in [6.45, 7) is 1.83. The molecule has 3 N–H and O–H groups in total. The molecule has 0 aliphatic heterocycles. The van der Waals surface area contributed by atoms with E-state index in [9.17, 15) is 9.59 Å². The Kier molecular flexibility index (Phi) is 4.50. The average molecular weight is 285 g/mol. The molecule has 0 saturated carbocycles. The molecule has 1 aromatic heterocycles. The first-order chi connectivity index (χ1) is 10.1. The number of rotatable bonds is 4. The number of para-hydroxylation sites is 1. The number of anilines is 1. The highest BCUT2D eigenvalue weighted by Gasteiger charge is 2.13. The van der Waals surface area contributed by atoms with Crippen molar-refractivity contribution in [1.29, 1.82) is 0 Å². The maximum Gasteiger partial charge on any atom is 0.337 e. The Morgan fingerprint density at radius 1 is 1.14 bits per heavy atom. The number of nitrogens with one attached hydrogen (secondary N) is 2. The number of urea groups is 1. The molecule has 1 heterocycles. The molecule has 0 aliphatic rings. The lowest BCUT2D eigenvalue weighted by molar-refractivity contribution is 0.0698. The molecule has 1 atom stereocenters. The smallest absolute Gasteiger partial charge is 0.337 e. The molecule has 108 valence electrons. The lowest BCUT2D eigenvalue weighted by Crippen LogP contribution is -2.31. The molecule has 0 radical (unpaired) electrons. The highest BCUT2D eigenvalue weighted by molar-refractivity contribution is 6.00. The molecule has 1 aromatic carbocycles. The second-order valence-corrected chi connectivity index (χ2v) is 4.45. The van der Waals surface area contributed by atoms with Gasteiger partial charge < -0.3 is 15.7 Å². The highest BCUT2D eigenvalue weighted by Crippen LogP contribution is 2.15. The number of benzene rings is 1. The van der Waals surface area contributed by atoms with Crippen LogP contribution in [-0.4, -0.2) is 22.1 Å². The molecule has 0 spiro atoms. The molecule has 1 unspecified atom stereocenters. The fraction of sp³-hybridized carbons (Fsp3) is 0.133. The first-order valence-corrected chi connectivity index (χ1v) is 6.37. The Balaban J connectivity index is 2.04. The topological polar surface area (TPSA) is 91.3 Å². The summed E-state index contributed by atoms with van der Waals surface area (Å²) in [6.07, 6.45) is 3.29. The fourth-order valence-electron chi connectivity index (χ4n) is 1.87. The van der Waals surface area contributed by atoms with Gasteiger partial charge in [0.2, 0.25) is 0 Å². The fourth-order valence-corrected chi connectivity index (χ4v) is 1.87. The first-order valence-electron chi connectivity index (χ1n) is 6.37. The molecule has 2 amide bonds. The van der Waals surface area contributed by atoms with Crippen molar-refractivity contribution in [3.05, 3.63) is 59.9 Å². The summed E-state index contributed by atoms with van der Waals surface area (Å²) in [5.41, 5.74) is 1.21. The van der Waals surface area contributed by atoms with Crippen molar-refractivity contribution in [3.63, 3.8) is 0 Å². The van der Waals surface area contributed by atoms with Crippen LogP contribution in [-0.2, 0) is 0 Å². The number of hydrogen-bond donors (Lipinski definition) is 3. The Bertz CT molecular complexity index is 644. The van der Waals surface area contributed by atoms with E-state index in [0.717, 1.165) is 5.56 Å². The van der Waals surface area contributed by atoms with Gasteiger partial charge in [-0.25, -0.2) is 9.59 Å². The summed E-state index contributed by atoms with van der Waals surface area (Å²) in [7, 11) is 0. The van der Waals surface area contributed by atoms with E-state index in [-0.39, 0.29) is 17.3 Å². The van der Waals surface area contributed by atoms with Crippen molar-refractivity contribution in [1.82, 2.24) is 10.3 Å². The monoisotopic (exact) mass is 285 g/mol. The van der Waals surface area contributed by atoms with Crippen LogP contribution in [0, 0.1) is 0 Å². The van der Waals surface area contributed by atoms with E-state index in [1.165, 1.54) is 6.07 Å². The number of carboxylic acid groups (broad SMARTS) is 1. The van der Waals surface area contributed by atoms with Crippen LogP contribution in [0.15, 0.2) is 48.8 Å². The average Bonchev–Trinajstić information content (AvgIpc) is 2.48. The van der Waals surface area contributed by atoms with Gasteiger partial charge in [0.05, 0.1) is 17.3 Å². The zero-order valence-corrected chi connectivity index (χ0v) is 11.4. The number of carboxylic acids is 1. The van der Waals surface area contributed by atoms with E-state index in [2.05, 4.69) is 15.6 Å². The molecule has 0 saturated heterocycles. The van der Waals surface area contributed by atoms with Gasteiger partial charge in [0, 0.05) is 12.4 Å². The first kappa shape index (κ1) is 14.5. The largest absolute Gasteiger partial charge is 0.478 e. The Morgan fingerprint density at radius 2 is 1.81 bits per heavy atom. The standard InChI is InChI=1S/C15H15N3O3/c1-10(11-6-8-16-9-7-11)17-15(21)18-13-5-3-2-4-12(13)14(19)20/h2-10H,1H3,(H,19,20)(H2,17,18,21). The molecule has 0 bridgehead atoms. The summed E-state index contributed by atoms with van der Waals surface area (Å²) in [4.78, 5) is 26.9. The van der Waals surface area contributed by atoms with Crippen molar-refractivity contribution in [2.75, 3.05) is 5.32 Å². The van der Waals surface area contributed by atoms with E-state index >= 15 is 0 Å². The summed E-state index contributed by atoms with van der Waals surface area (Å²) in [5, 5.41) is 14.3. The number of amides is 2. The van der Waals surface area contributed by atoms with Crippen LogP contribution in [0.4, 0.5) is 10.5 Å². The van der Waals surface area contributed by atoms with Gasteiger partial charge in [-0.05, 0) is 36.8 Å². The molecule has 6 nitrogen and oxygen atoms in total. The minimum Gasteiger partial charge on any atom is -0.478 e. The van der Waals surface area contributed by atoms with Crippen LogP contribution in [0.1, 0.15) is 28.9 Å². The van der Waals surface area contributed by atoms with Gasteiger partial charge >= 0.3 is 12.0 Å². The molecule has 6 heteroatoms. The van der Waals surface area contributed by atoms with Gasteiger partial charge in [0.15, 0.2) is 0 Å². The highest BCUT2D eigenvalue weighted by atomic mass is 16.4. The van der Waals surface area contributed by atoms with Crippen LogP contribution in [0.25, 0.3) is 0 Å². The van der Waals surface area contributed by atoms with Crippen molar-refractivity contribution >= 4 is 17.7 Å². The molecule has 21 heavy (non-hydrogen) atoms. The lowest BCUT2D eigenvalue weighted by atomic mass is 10.1. The van der Waals surface area contributed by atoms with Crippen LogP contribution in [0.5, 0.6) is 0 Å². The Morgan fingerprint density at radius 3 is 2.48 bits per heavy atom. The Labute approximate surface area is 121 Å². The summed E-state index contributed by atoms with van der Waals surface area (Å²) in [6, 6.07) is 9.16. The molecular formula is C15H15N3O3. The van der Waals surface area contributed by atoms with E-state index in [4.69, 9.17) is 5.11 Å². The Hall–Kier alpha value is -2.89. The predicted octanol–water partition coefficient (Wildman–Crippen LogP) is 2.66. The van der Waals surface area contributed by atoms with Gasteiger partial charge in [-0.3, -0.25) is 4.98 Å². The van der Waals surface area contributed by atoms with E-state index in [0.29, 0.717) is 0 Å². The third-order valence-corrected chi connectivity index (χ3v) is 2.96. The number of carbonyl (C=O) groups is 2. The molecule has 2 rings (SSSR count). The summed E-state index contributed by atoms with van der Waals surface area (Å²) in [5.74, 6) is -1.09. The van der Waals surface area contributed by atoms with Crippen LogP contribution >= 0.6 is 0 Å². The lowest BCUT2D eigenvalue weighted by Gasteiger charge is -2.15. The minimum absolute atomic E-state index is 0.0456. The number of nitrogens with zero attached hydrogens (tertiary/aromatic N) is 1.